The van der Waals surface area contributed by atoms with Gasteiger partial charge in [0, 0.05) is 57.8 Å². The fourth-order valence-corrected chi connectivity index (χ4v) is 7.26. The zero-order chi connectivity index (χ0) is 34.4. The summed E-state index contributed by atoms with van der Waals surface area (Å²) < 4.78 is 0. The second-order valence-corrected chi connectivity index (χ2v) is 14.0. The number of carbonyl (C=O) groups is 1. The molecule has 12 heteroatoms. The molecule has 0 radical (unpaired) electrons. The molecular formula is C36H40Cl2N4O5S. The normalized spacial score (nSPS) is 17.4. The lowest BCUT2D eigenvalue weighted by molar-refractivity contribution is -0.113. The smallest absolute Gasteiger partial charge is 0.254 e. The van der Waals surface area contributed by atoms with Crippen LogP contribution < -0.4 is 0 Å². The number of thiophene rings is 1. The highest BCUT2D eigenvalue weighted by molar-refractivity contribution is 7.08. The van der Waals surface area contributed by atoms with E-state index >= 15 is 0 Å². The van der Waals surface area contributed by atoms with Crippen molar-refractivity contribution >= 4 is 51.2 Å². The van der Waals surface area contributed by atoms with Crippen LogP contribution in [0, 0.1) is 11.3 Å². The van der Waals surface area contributed by atoms with E-state index in [2.05, 4.69) is 11.0 Å². The van der Waals surface area contributed by atoms with Crippen LogP contribution in [0.4, 0.5) is 0 Å². The van der Waals surface area contributed by atoms with Crippen molar-refractivity contribution in [2.75, 3.05) is 52.9 Å². The summed E-state index contributed by atoms with van der Waals surface area (Å²) in [7, 11) is 1.77. The second-order valence-electron chi connectivity index (χ2n) is 12.4. The Morgan fingerprint density at radius 2 is 1.67 bits per heavy atom. The number of hydrogen-bond acceptors (Lipinski definition) is 9. The van der Waals surface area contributed by atoms with Gasteiger partial charge in [-0.25, -0.2) is 0 Å². The molecular weight excluding hydrogens is 671 g/mol. The summed E-state index contributed by atoms with van der Waals surface area (Å²) in [5.41, 5.74) is 2.39. The summed E-state index contributed by atoms with van der Waals surface area (Å²) in [6.07, 6.45) is -4.77. The Hall–Kier alpha value is -3.08. The summed E-state index contributed by atoms with van der Waals surface area (Å²) in [6.45, 7) is 4.13. The SMILES string of the molecule is CN(C[C@@H](CCN1CCN(CC(O)C(O)[C@@H](O)C(O)c2ccsc2)CC1)c1ccc(Cl)c(Cl)c1)C(=O)c1cc(C#N)cc2ccccc12. The fraction of sp³-hybridized carbons (Fsp3) is 0.389. The quantitative estimate of drug-likeness (QED) is 0.156. The molecule has 4 N–H and O–H groups in total. The molecule has 1 saturated heterocycles. The highest BCUT2D eigenvalue weighted by Gasteiger charge is 2.33. The molecule has 1 aliphatic heterocycles. The van der Waals surface area contributed by atoms with E-state index in [0.29, 0.717) is 46.4 Å². The van der Waals surface area contributed by atoms with Crippen LogP contribution >= 0.6 is 34.5 Å². The van der Waals surface area contributed by atoms with Gasteiger partial charge in [-0.1, -0.05) is 53.5 Å². The van der Waals surface area contributed by atoms with E-state index in [1.54, 1.807) is 47.0 Å². The molecule has 48 heavy (non-hydrogen) atoms. The van der Waals surface area contributed by atoms with E-state index in [1.807, 2.05) is 41.3 Å². The van der Waals surface area contributed by atoms with Crippen molar-refractivity contribution in [3.63, 3.8) is 0 Å². The molecule has 2 heterocycles. The van der Waals surface area contributed by atoms with Crippen LogP contribution in [0.2, 0.25) is 10.0 Å². The van der Waals surface area contributed by atoms with Gasteiger partial charge in [0.15, 0.2) is 0 Å². The van der Waals surface area contributed by atoms with Gasteiger partial charge in [0.2, 0.25) is 0 Å². The molecule has 0 bridgehead atoms. The maximum atomic E-state index is 13.8. The number of rotatable bonds is 13. The van der Waals surface area contributed by atoms with Crippen molar-refractivity contribution in [3.8, 4) is 6.07 Å². The average molecular weight is 712 g/mol. The summed E-state index contributed by atoms with van der Waals surface area (Å²) in [6, 6.07) is 20.4. The molecule has 0 spiro atoms. The van der Waals surface area contributed by atoms with Crippen molar-refractivity contribution in [1.29, 1.82) is 5.26 Å². The molecule has 4 aromatic rings. The van der Waals surface area contributed by atoms with Gasteiger partial charge in [0.05, 0.1) is 27.8 Å². The number of carbonyl (C=O) groups excluding carboxylic acids is 1. The third-order valence-electron chi connectivity index (χ3n) is 9.13. The zero-order valence-corrected chi connectivity index (χ0v) is 29.0. The summed E-state index contributed by atoms with van der Waals surface area (Å²) >= 11 is 14.0. The minimum atomic E-state index is -1.51. The number of nitriles is 1. The standard InChI is InChI=1S/C36H40Cl2N4O5S/c1-40(36(47)29-17-23(19-39)16-25-4-2-3-5-28(25)29)20-26(24-6-7-30(37)31(38)18-24)8-10-41-11-13-42(14-12-41)21-32(43)34(45)35(46)33(44)27-9-15-48-22-27/h2-7,9,15-18,22,26,32-35,43-46H,8,10-14,20-21H2,1H3/t26-,32?,33?,34?,35+/m1/s1. The average Bonchev–Trinajstić information content (AvgIpc) is 3.65. The van der Waals surface area contributed by atoms with Crippen molar-refractivity contribution < 1.29 is 25.2 Å². The summed E-state index contributed by atoms with van der Waals surface area (Å²) in [5, 5.41) is 57.6. The van der Waals surface area contributed by atoms with Crippen LogP contribution in [-0.4, -0.2) is 112 Å². The van der Waals surface area contributed by atoms with Gasteiger partial charge in [-0.05, 0) is 76.0 Å². The highest BCUT2D eigenvalue weighted by Crippen LogP contribution is 2.30. The van der Waals surface area contributed by atoms with Crippen LogP contribution in [0.25, 0.3) is 10.8 Å². The zero-order valence-electron chi connectivity index (χ0n) is 26.6. The van der Waals surface area contributed by atoms with Crippen molar-refractivity contribution in [3.05, 3.63) is 104 Å². The molecule has 1 amide bonds. The number of β-amino-alcohol motifs (C(OH)–C–C–N with tert-alkyl or cyclic N) is 1. The number of aliphatic hydroxyl groups is 4. The van der Waals surface area contributed by atoms with E-state index in [-0.39, 0.29) is 18.4 Å². The number of amides is 1. The summed E-state index contributed by atoms with van der Waals surface area (Å²) in [4.78, 5) is 19.9. The molecule has 1 fully saturated rings. The molecule has 3 unspecified atom stereocenters. The highest BCUT2D eigenvalue weighted by atomic mass is 35.5. The first-order chi connectivity index (χ1) is 23.0. The van der Waals surface area contributed by atoms with Gasteiger partial charge < -0.3 is 30.2 Å². The number of piperazine rings is 1. The molecule has 1 aromatic heterocycles. The second kappa shape index (κ2) is 16.5. The van der Waals surface area contributed by atoms with E-state index in [9.17, 15) is 30.5 Å². The first-order valence-electron chi connectivity index (χ1n) is 15.9. The van der Waals surface area contributed by atoms with Crippen molar-refractivity contribution in [2.45, 2.75) is 36.8 Å². The van der Waals surface area contributed by atoms with Crippen LogP contribution in [-0.2, 0) is 0 Å². The number of aliphatic hydroxyl groups excluding tert-OH is 4. The predicted octanol–water partition coefficient (Wildman–Crippen LogP) is 4.76. The van der Waals surface area contributed by atoms with E-state index in [4.69, 9.17) is 23.2 Å². The monoisotopic (exact) mass is 710 g/mol. The van der Waals surface area contributed by atoms with Crippen LogP contribution in [0.3, 0.4) is 0 Å². The Morgan fingerprint density at radius 1 is 0.938 bits per heavy atom. The van der Waals surface area contributed by atoms with Gasteiger partial charge in [-0.3, -0.25) is 9.69 Å². The summed E-state index contributed by atoms with van der Waals surface area (Å²) in [5.74, 6) is -0.221. The molecule has 0 saturated carbocycles. The van der Waals surface area contributed by atoms with Gasteiger partial charge >= 0.3 is 0 Å². The van der Waals surface area contributed by atoms with Crippen molar-refractivity contribution in [1.82, 2.24) is 14.7 Å². The molecule has 9 nitrogen and oxygen atoms in total. The predicted molar refractivity (Wildman–Crippen MR) is 190 cm³/mol. The van der Waals surface area contributed by atoms with Crippen LogP contribution in [0.15, 0.2) is 71.4 Å². The van der Waals surface area contributed by atoms with Crippen molar-refractivity contribution in [2.24, 2.45) is 0 Å². The molecule has 5 atom stereocenters. The number of nitrogens with zero attached hydrogens (tertiary/aromatic N) is 4. The molecule has 254 valence electrons. The maximum absolute atomic E-state index is 13.8. The topological polar surface area (TPSA) is 132 Å². The number of hydrogen-bond donors (Lipinski definition) is 4. The Bertz CT molecular complexity index is 1730. The Labute approximate surface area is 294 Å². The lowest BCUT2D eigenvalue weighted by atomic mass is 9.94. The third-order valence-corrected chi connectivity index (χ3v) is 10.6. The van der Waals surface area contributed by atoms with E-state index < -0.39 is 24.4 Å². The lowest BCUT2D eigenvalue weighted by Gasteiger charge is -2.37. The minimum absolute atomic E-state index is 0.0507. The Balaban J connectivity index is 1.20. The number of halogens is 2. The number of likely N-dealkylation sites (N-methyl/N-ethyl adjacent to an activating group) is 1. The fourth-order valence-electron chi connectivity index (χ4n) is 6.26. The largest absolute Gasteiger partial charge is 0.389 e. The van der Waals surface area contributed by atoms with Gasteiger partial charge in [0.1, 0.15) is 18.3 Å². The van der Waals surface area contributed by atoms with Crippen LogP contribution in [0.1, 0.15) is 45.5 Å². The van der Waals surface area contributed by atoms with E-state index in [0.717, 1.165) is 42.4 Å². The third kappa shape index (κ3) is 8.74. The van der Waals surface area contributed by atoms with Crippen LogP contribution in [0.5, 0.6) is 0 Å². The molecule has 3 aromatic carbocycles. The first kappa shape index (κ1) is 36.2. The molecule has 5 rings (SSSR count). The molecule has 0 aliphatic carbocycles. The Morgan fingerprint density at radius 3 is 2.35 bits per heavy atom. The van der Waals surface area contributed by atoms with Gasteiger partial charge in [-0.2, -0.15) is 16.6 Å². The maximum Gasteiger partial charge on any atom is 0.254 e. The van der Waals surface area contributed by atoms with E-state index in [1.165, 1.54) is 11.3 Å². The lowest BCUT2D eigenvalue weighted by Crippen LogP contribution is -2.52. The van der Waals surface area contributed by atoms with Gasteiger partial charge in [-0.15, -0.1) is 0 Å². The number of benzene rings is 3. The number of fused-ring (bicyclic) bond motifs is 1. The first-order valence-corrected chi connectivity index (χ1v) is 17.6. The van der Waals surface area contributed by atoms with Gasteiger partial charge in [0.25, 0.3) is 5.91 Å². The minimum Gasteiger partial charge on any atom is -0.389 e. The Kier molecular flexibility index (Phi) is 12.5. The molecule has 1 aliphatic rings.